The SMILES string of the molecule is COC1(OC)N=C(N)C2(C#N)C(c3ccc(F)c(Br)c3)C12C#N. The van der Waals surface area contributed by atoms with Crippen molar-refractivity contribution < 1.29 is 13.9 Å². The molecule has 1 fully saturated rings. The molecule has 0 amide bonds. The molecule has 1 aromatic carbocycles. The van der Waals surface area contributed by atoms with Crippen LogP contribution in [-0.4, -0.2) is 26.0 Å². The van der Waals surface area contributed by atoms with E-state index in [-0.39, 0.29) is 10.3 Å². The van der Waals surface area contributed by atoms with Gasteiger partial charge in [0, 0.05) is 20.1 Å². The average Bonchev–Trinajstić information content (AvgIpc) is 3.13. The minimum Gasteiger partial charge on any atom is -0.386 e. The van der Waals surface area contributed by atoms with Gasteiger partial charge in [-0.05, 0) is 33.6 Å². The number of nitrogens with two attached hydrogens (primary N) is 1. The lowest BCUT2D eigenvalue weighted by Crippen LogP contribution is -2.41. The minimum atomic E-state index is -1.67. The molecule has 1 aliphatic carbocycles. The van der Waals surface area contributed by atoms with E-state index in [1.54, 1.807) is 0 Å². The number of rotatable bonds is 3. The molecule has 1 saturated carbocycles. The highest BCUT2D eigenvalue weighted by molar-refractivity contribution is 9.10. The predicted octanol–water partition coefficient (Wildman–Crippen LogP) is 2.02. The Kier molecular flexibility index (Phi) is 3.28. The van der Waals surface area contributed by atoms with Crippen molar-refractivity contribution in [2.45, 2.75) is 11.8 Å². The lowest BCUT2D eigenvalue weighted by atomic mass is 9.93. The normalized spacial score (nSPS) is 33.3. The first-order valence-electron chi connectivity index (χ1n) is 6.64. The van der Waals surface area contributed by atoms with Crippen LogP contribution in [0.4, 0.5) is 4.39 Å². The molecule has 118 valence electrons. The Hall–Kier alpha value is -2.00. The molecule has 0 saturated heterocycles. The summed E-state index contributed by atoms with van der Waals surface area (Å²) >= 11 is 3.11. The molecule has 0 radical (unpaired) electrons. The number of nitrogens with zero attached hydrogens (tertiary/aromatic N) is 3. The van der Waals surface area contributed by atoms with Gasteiger partial charge in [-0.2, -0.15) is 10.5 Å². The highest BCUT2D eigenvalue weighted by atomic mass is 79.9. The topological polar surface area (TPSA) is 104 Å². The highest BCUT2D eigenvalue weighted by Gasteiger charge is 2.93. The third-order valence-corrected chi connectivity index (χ3v) is 5.37. The number of aliphatic imine (C=N–C) groups is 1. The van der Waals surface area contributed by atoms with Crippen molar-refractivity contribution in [3.63, 3.8) is 0 Å². The molecule has 1 aromatic rings. The van der Waals surface area contributed by atoms with Crippen molar-refractivity contribution in [2.24, 2.45) is 21.6 Å². The molecule has 3 unspecified atom stereocenters. The monoisotopic (exact) mass is 378 g/mol. The van der Waals surface area contributed by atoms with Crippen LogP contribution in [0.1, 0.15) is 11.5 Å². The first-order chi connectivity index (χ1) is 10.9. The van der Waals surface area contributed by atoms with Crippen LogP contribution in [-0.2, 0) is 9.47 Å². The van der Waals surface area contributed by atoms with Crippen LogP contribution in [0.25, 0.3) is 0 Å². The molecule has 0 spiro atoms. The Morgan fingerprint density at radius 3 is 2.43 bits per heavy atom. The molecule has 8 heteroatoms. The summed E-state index contributed by atoms with van der Waals surface area (Å²) in [4.78, 5) is 4.11. The highest BCUT2D eigenvalue weighted by Crippen LogP contribution is 2.81. The van der Waals surface area contributed by atoms with E-state index < -0.39 is 28.5 Å². The van der Waals surface area contributed by atoms with Gasteiger partial charge in [-0.25, -0.2) is 9.38 Å². The number of fused-ring (bicyclic) bond motifs is 1. The van der Waals surface area contributed by atoms with Crippen molar-refractivity contribution in [1.29, 1.82) is 10.5 Å². The van der Waals surface area contributed by atoms with Crippen molar-refractivity contribution in [3.8, 4) is 12.1 Å². The number of ether oxygens (including phenoxy) is 2. The molecular weight excluding hydrogens is 367 g/mol. The summed E-state index contributed by atoms with van der Waals surface area (Å²) in [5, 5.41) is 19.6. The zero-order valence-corrected chi connectivity index (χ0v) is 13.9. The Labute approximate surface area is 140 Å². The van der Waals surface area contributed by atoms with Gasteiger partial charge in [-0.1, -0.05) is 6.07 Å². The number of hydrogen-bond acceptors (Lipinski definition) is 6. The minimum absolute atomic E-state index is 0.0179. The maximum atomic E-state index is 13.5. The zero-order valence-electron chi connectivity index (χ0n) is 12.3. The number of methoxy groups -OCH3 is 2. The number of amidine groups is 1. The van der Waals surface area contributed by atoms with Gasteiger partial charge in [-0.15, -0.1) is 0 Å². The third kappa shape index (κ3) is 1.49. The Morgan fingerprint density at radius 2 is 1.96 bits per heavy atom. The van der Waals surface area contributed by atoms with Crippen LogP contribution >= 0.6 is 15.9 Å². The molecule has 6 nitrogen and oxygen atoms in total. The quantitative estimate of drug-likeness (QED) is 0.810. The molecule has 2 N–H and O–H groups in total. The second kappa shape index (κ2) is 4.75. The van der Waals surface area contributed by atoms with Gasteiger partial charge in [0.1, 0.15) is 17.1 Å². The lowest BCUT2D eigenvalue weighted by Gasteiger charge is -2.29. The van der Waals surface area contributed by atoms with Crippen LogP contribution in [0.15, 0.2) is 27.7 Å². The summed E-state index contributed by atoms with van der Waals surface area (Å²) < 4.78 is 24.4. The Morgan fingerprint density at radius 1 is 1.30 bits per heavy atom. The van der Waals surface area contributed by atoms with Crippen LogP contribution in [0.5, 0.6) is 0 Å². The summed E-state index contributed by atoms with van der Waals surface area (Å²) in [5.41, 5.74) is 3.76. The first kappa shape index (κ1) is 15.9. The molecule has 1 heterocycles. The van der Waals surface area contributed by atoms with Crippen LogP contribution in [0.3, 0.4) is 0 Å². The molecule has 3 atom stereocenters. The number of hydrogen-bond donors (Lipinski definition) is 1. The van der Waals surface area contributed by atoms with E-state index in [2.05, 4.69) is 33.1 Å². The average molecular weight is 379 g/mol. The van der Waals surface area contributed by atoms with E-state index in [1.807, 2.05) is 0 Å². The summed E-state index contributed by atoms with van der Waals surface area (Å²) in [5.74, 6) is -2.77. The first-order valence-corrected chi connectivity index (χ1v) is 7.43. The third-order valence-electron chi connectivity index (χ3n) is 4.76. The van der Waals surface area contributed by atoms with Gasteiger partial charge in [0.25, 0.3) is 5.91 Å². The number of benzene rings is 1. The van der Waals surface area contributed by atoms with Gasteiger partial charge in [0.2, 0.25) is 0 Å². The predicted molar refractivity (Wildman–Crippen MR) is 81.3 cm³/mol. The maximum Gasteiger partial charge on any atom is 0.292 e. The molecule has 0 bridgehead atoms. The number of nitriles is 2. The van der Waals surface area contributed by atoms with Crippen LogP contribution < -0.4 is 5.73 Å². The standard InChI is InChI=1S/C15H12BrFN4O2/c1-22-15(23-2)14(7-19)11(13(14,6-18)12(20)21-15)8-3-4-10(17)9(16)5-8/h3-5,11H,1-2H3,(H2,20,21). The molecule has 23 heavy (non-hydrogen) atoms. The van der Waals surface area contributed by atoms with E-state index in [9.17, 15) is 14.9 Å². The van der Waals surface area contributed by atoms with Crippen LogP contribution in [0.2, 0.25) is 0 Å². The van der Waals surface area contributed by atoms with E-state index in [0.717, 1.165) is 0 Å². The Bertz CT molecular complexity index is 811. The fourth-order valence-corrected chi connectivity index (χ4v) is 4.11. The van der Waals surface area contributed by atoms with Crippen LogP contribution in [0, 0.1) is 39.3 Å². The maximum absolute atomic E-state index is 13.5. The van der Waals surface area contributed by atoms with E-state index in [4.69, 9.17) is 15.2 Å². The molecule has 2 aliphatic rings. The van der Waals surface area contributed by atoms with Gasteiger partial charge in [0.05, 0.1) is 16.6 Å². The second-order valence-electron chi connectivity index (χ2n) is 5.43. The van der Waals surface area contributed by atoms with E-state index in [0.29, 0.717) is 5.56 Å². The van der Waals surface area contributed by atoms with Crippen molar-refractivity contribution in [2.75, 3.05) is 14.2 Å². The summed E-state index contributed by atoms with van der Waals surface area (Å²) in [7, 11) is 2.67. The summed E-state index contributed by atoms with van der Waals surface area (Å²) in [6.45, 7) is 0. The molecule has 3 rings (SSSR count). The van der Waals surface area contributed by atoms with Gasteiger partial charge in [0.15, 0.2) is 5.41 Å². The smallest absolute Gasteiger partial charge is 0.292 e. The molecular formula is C15H12BrFN4O2. The zero-order chi connectivity index (χ0) is 17.0. The van der Waals surface area contributed by atoms with Gasteiger partial charge >= 0.3 is 0 Å². The van der Waals surface area contributed by atoms with Gasteiger partial charge in [-0.3, -0.25) is 0 Å². The summed E-state index contributed by atoms with van der Waals surface area (Å²) in [6, 6.07) is 8.56. The largest absolute Gasteiger partial charge is 0.386 e. The van der Waals surface area contributed by atoms with E-state index in [1.165, 1.54) is 32.4 Å². The second-order valence-corrected chi connectivity index (χ2v) is 6.29. The molecule has 0 aromatic heterocycles. The summed E-state index contributed by atoms with van der Waals surface area (Å²) in [6.07, 6.45) is 0. The number of halogens is 2. The van der Waals surface area contributed by atoms with Gasteiger partial charge < -0.3 is 15.2 Å². The fourth-order valence-electron chi connectivity index (χ4n) is 3.71. The van der Waals surface area contributed by atoms with E-state index >= 15 is 0 Å². The van der Waals surface area contributed by atoms with Crippen molar-refractivity contribution in [3.05, 3.63) is 34.1 Å². The lowest BCUT2D eigenvalue weighted by molar-refractivity contribution is -0.230. The molecule has 1 aliphatic heterocycles. The Balaban J connectivity index is 2.25. The van der Waals surface area contributed by atoms with Crippen molar-refractivity contribution in [1.82, 2.24) is 0 Å². The van der Waals surface area contributed by atoms with Crippen molar-refractivity contribution >= 4 is 21.8 Å². The fraction of sp³-hybridized carbons (Fsp3) is 0.400.